The highest BCUT2D eigenvalue weighted by molar-refractivity contribution is 7.11. The van der Waals surface area contributed by atoms with Gasteiger partial charge in [0, 0.05) is 7.11 Å². The van der Waals surface area contributed by atoms with Crippen molar-refractivity contribution < 1.29 is 9.84 Å². The number of aliphatic hydroxyl groups is 1. The summed E-state index contributed by atoms with van der Waals surface area (Å²) in [6, 6.07) is 0. The molecule has 1 aromatic rings. The van der Waals surface area contributed by atoms with E-state index >= 15 is 0 Å². The minimum absolute atomic E-state index is 0.0658. The second-order valence-electron chi connectivity index (χ2n) is 4.76. The van der Waals surface area contributed by atoms with Crippen molar-refractivity contribution in [3.8, 4) is 0 Å². The number of aliphatic hydroxyl groups excluding tert-OH is 1. The molecule has 102 valence electrons. The first-order chi connectivity index (χ1) is 8.83. The third kappa shape index (κ3) is 3.75. The van der Waals surface area contributed by atoms with Crippen LogP contribution in [0.25, 0.3) is 0 Å². The zero-order valence-electron chi connectivity index (χ0n) is 11.0. The van der Waals surface area contributed by atoms with E-state index in [1.807, 2.05) is 0 Å². The molecule has 2 rings (SSSR count). The zero-order chi connectivity index (χ0) is 12.8. The van der Waals surface area contributed by atoms with Crippen LogP contribution in [0.2, 0.25) is 0 Å². The van der Waals surface area contributed by atoms with Crippen molar-refractivity contribution in [1.29, 1.82) is 0 Å². The lowest BCUT2D eigenvalue weighted by molar-refractivity contribution is 0.178. The monoisotopic (exact) mass is 270 g/mol. The van der Waals surface area contributed by atoms with Gasteiger partial charge in [0.15, 0.2) is 0 Å². The van der Waals surface area contributed by atoms with E-state index in [-0.39, 0.29) is 6.61 Å². The number of nitrogens with zero attached hydrogens (tertiary/aromatic N) is 2. The van der Waals surface area contributed by atoms with Crippen molar-refractivity contribution in [2.75, 3.05) is 20.2 Å². The third-order valence-electron chi connectivity index (χ3n) is 3.30. The Balaban J connectivity index is 1.99. The average molecular weight is 270 g/mol. The predicted octanol–water partition coefficient (Wildman–Crippen LogP) is 2.16. The number of aromatic nitrogens is 1. The summed E-state index contributed by atoms with van der Waals surface area (Å²) >= 11 is 1.62. The minimum Gasteiger partial charge on any atom is -0.391 e. The first-order valence-corrected chi connectivity index (χ1v) is 7.44. The highest BCUT2D eigenvalue weighted by Gasteiger charge is 2.14. The summed E-state index contributed by atoms with van der Waals surface area (Å²) in [5.74, 6) is 0. The molecule has 0 aromatic carbocycles. The quantitative estimate of drug-likeness (QED) is 0.890. The molecule has 5 heteroatoms. The number of hydrogen-bond acceptors (Lipinski definition) is 5. The van der Waals surface area contributed by atoms with E-state index in [2.05, 4.69) is 9.88 Å². The number of hydrogen-bond donors (Lipinski definition) is 1. The van der Waals surface area contributed by atoms with Crippen LogP contribution in [0.4, 0.5) is 0 Å². The summed E-state index contributed by atoms with van der Waals surface area (Å²) in [5, 5.41) is 10.4. The summed E-state index contributed by atoms with van der Waals surface area (Å²) < 4.78 is 5.11. The Morgan fingerprint density at radius 3 is 2.61 bits per heavy atom. The van der Waals surface area contributed by atoms with Crippen LogP contribution >= 0.6 is 11.3 Å². The molecule has 0 bridgehead atoms. The Morgan fingerprint density at radius 2 is 2.00 bits per heavy atom. The van der Waals surface area contributed by atoms with Gasteiger partial charge in [-0.1, -0.05) is 12.8 Å². The fraction of sp³-hybridized carbons (Fsp3) is 0.769. The minimum atomic E-state index is 0.0658. The number of ether oxygens (including phenoxy) is 1. The predicted molar refractivity (Wildman–Crippen MR) is 72.5 cm³/mol. The van der Waals surface area contributed by atoms with Crippen LogP contribution in [0.3, 0.4) is 0 Å². The van der Waals surface area contributed by atoms with Crippen molar-refractivity contribution in [3.63, 3.8) is 0 Å². The summed E-state index contributed by atoms with van der Waals surface area (Å²) in [4.78, 5) is 8.01. The molecule has 0 atom stereocenters. The smallest absolute Gasteiger partial charge is 0.107 e. The van der Waals surface area contributed by atoms with Crippen LogP contribution < -0.4 is 0 Å². The van der Waals surface area contributed by atoms with E-state index in [1.165, 1.54) is 38.8 Å². The molecular weight excluding hydrogens is 248 g/mol. The standard InChI is InChI=1S/C13H22N2O2S/c1-17-10-11-12(9-16)18-13(14-11)8-15-6-4-2-3-5-7-15/h16H,2-10H2,1H3. The van der Waals surface area contributed by atoms with E-state index in [9.17, 15) is 5.11 Å². The molecule has 2 heterocycles. The van der Waals surface area contributed by atoms with Gasteiger partial charge in [0.25, 0.3) is 0 Å². The van der Waals surface area contributed by atoms with Gasteiger partial charge in [0.2, 0.25) is 0 Å². The Labute approximate surface area is 113 Å². The molecule has 1 saturated heterocycles. The Kier molecular flexibility index (Phi) is 5.56. The summed E-state index contributed by atoms with van der Waals surface area (Å²) in [6.45, 7) is 3.82. The Hall–Kier alpha value is -0.490. The van der Waals surface area contributed by atoms with E-state index in [1.54, 1.807) is 18.4 Å². The lowest BCUT2D eigenvalue weighted by atomic mass is 10.2. The SMILES string of the molecule is COCc1nc(CN2CCCCCC2)sc1CO. The maximum atomic E-state index is 9.31. The fourth-order valence-corrected chi connectivity index (χ4v) is 3.34. The average Bonchev–Trinajstić information content (AvgIpc) is 2.58. The van der Waals surface area contributed by atoms with Crippen molar-refractivity contribution in [2.24, 2.45) is 0 Å². The highest BCUT2D eigenvalue weighted by Crippen LogP contribution is 2.22. The molecular formula is C13H22N2O2S. The molecule has 0 radical (unpaired) electrons. The van der Waals surface area contributed by atoms with Gasteiger partial charge in [-0.15, -0.1) is 11.3 Å². The van der Waals surface area contributed by atoms with Gasteiger partial charge in [-0.25, -0.2) is 4.98 Å². The maximum Gasteiger partial charge on any atom is 0.107 e. The van der Waals surface area contributed by atoms with Crippen molar-refractivity contribution in [2.45, 2.75) is 45.4 Å². The van der Waals surface area contributed by atoms with Crippen LogP contribution in [0, 0.1) is 0 Å². The molecule has 4 nitrogen and oxygen atoms in total. The van der Waals surface area contributed by atoms with E-state index in [0.717, 1.165) is 22.1 Å². The zero-order valence-corrected chi connectivity index (χ0v) is 11.8. The fourth-order valence-electron chi connectivity index (χ4n) is 2.36. The molecule has 1 N–H and O–H groups in total. The molecule has 0 unspecified atom stereocenters. The van der Waals surface area contributed by atoms with Crippen LogP contribution in [0.5, 0.6) is 0 Å². The summed E-state index contributed by atoms with van der Waals surface area (Å²) in [6.07, 6.45) is 5.29. The molecule has 0 aliphatic carbocycles. The molecule has 1 fully saturated rings. The molecule has 1 aromatic heterocycles. The highest BCUT2D eigenvalue weighted by atomic mass is 32.1. The van der Waals surface area contributed by atoms with Gasteiger partial charge >= 0.3 is 0 Å². The van der Waals surface area contributed by atoms with Crippen LogP contribution in [-0.4, -0.2) is 35.2 Å². The first-order valence-electron chi connectivity index (χ1n) is 6.63. The topological polar surface area (TPSA) is 45.6 Å². The van der Waals surface area contributed by atoms with Gasteiger partial charge in [-0.2, -0.15) is 0 Å². The van der Waals surface area contributed by atoms with Gasteiger partial charge in [0.1, 0.15) is 5.01 Å². The van der Waals surface area contributed by atoms with Gasteiger partial charge in [0.05, 0.1) is 30.3 Å². The van der Waals surface area contributed by atoms with Crippen molar-refractivity contribution in [1.82, 2.24) is 9.88 Å². The summed E-state index contributed by atoms with van der Waals surface area (Å²) in [7, 11) is 1.66. The Bertz CT molecular complexity index is 360. The first kappa shape index (κ1) is 13.9. The van der Waals surface area contributed by atoms with Gasteiger partial charge in [-0.3, -0.25) is 4.90 Å². The van der Waals surface area contributed by atoms with Gasteiger partial charge < -0.3 is 9.84 Å². The third-order valence-corrected chi connectivity index (χ3v) is 4.37. The molecule has 0 saturated carbocycles. The normalized spacial score (nSPS) is 17.9. The molecule has 1 aliphatic heterocycles. The molecule has 18 heavy (non-hydrogen) atoms. The number of likely N-dealkylation sites (tertiary alicyclic amines) is 1. The van der Waals surface area contributed by atoms with Crippen LogP contribution in [0.1, 0.15) is 41.3 Å². The van der Waals surface area contributed by atoms with Crippen molar-refractivity contribution in [3.05, 3.63) is 15.6 Å². The largest absolute Gasteiger partial charge is 0.391 e. The van der Waals surface area contributed by atoms with Crippen molar-refractivity contribution >= 4 is 11.3 Å². The van der Waals surface area contributed by atoms with Crippen LogP contribution in [-0.2, 0) is 24.5 Å². The number of methoxy groups -OCH3 is 1. The van der Waals surface area contributed by atoms with Gasteiger partial charge in [-0.05, 0) is 25.9 Å². The van der Waals surface area contributed by atoms with E-state index < -0.39 is 0 Å². The molecule has 0 spiro atoms. The maximum absolute atomic E-state index is 9.31. The second kappa shape index (κ2) is 7.19. The van der Waals surface area contributed by atoms with E-state index in [0.29, 0.717) is 6.61 Å². The number of rotatable bonds is 5. The molecule has 1 aliphatic rings. The van der Waals surface area contributed by atoms with Crippen LogP contribution in [0.15, 0.2) is 0 Å². The lowest BCUT2D eigenvalue weighted by Gasteiger charge is -2.17. The van der Waals surface area contributed by atoms with E-state index in [4.69, 9.17) is 4.74 Å². The lowest BCUT2D eigenvalue weighted by Crippen LogP contribution is -2.23. The Morgan fingerprint density at radius 1 is 1.28 bits per heavy atom. The summed E-state index contributed by atoms with van der Waals surface area (Å²) in [5.41, 5.74) is 0.898. The molecule has 0 amide bonds. The second-order valence-corrected chi connectivity index (χ2v) is 5.93. The number of thiazole rings is 1.